The molecule has 0 aliphatic rings. The molecule has 3 aromatic heterocycles. The Morgan fingerprint density at radius 1 is 0.737 bits per heavy atom. The summed E-state index contributed by atoms with van der Waals surface area (Å²) in [6.07, 6.45) is 0. The van der Waals surface area contributed by atoms with Crippen molar-refractivity contribution in [2.24, 2.45) is 0 Å². The van der Waals surface area contributed by atoms with E-state index in [0.29, 0.717) is 0 Å². The Labute approximate surface area is 124 Å². The van der Waals surface area contributed by atoms with E-state index in [2.05, 4.69) is 39.1 Å². The molecule has 0 bridgehead atoms. The number of thiophene rings is 3. The van der Waals surface area contributed by atoms with Gasteiger partial charge in [0.25, 0.3) is 0 Å². The standard InChI is InChI=1S/C16H14S3/c1-7-9(3)18-15-12(7)11-5-6-17-14(11)13-8(2)10(4)19-16(13)15/h5-6H,1-4H3. The van der Waals surface area contributed by atoms with Crippen molar-refractivity contribution in [2.75, 3.05) is 0 Å². The van der Waals surface area contributed by atoms with Crippen LogP contribution in [0, 0.1) is 27.7 Å². The van der Waals surface area contributed by atoms with Gasteiger partial charge >= 0.3 is 0 Å². The van der Waals surface area contributed by atoms with Gasteiger partial charge in [-0.25, -0.2) is 0 Å². The summed E-state index contributed by atoms with van der Waals surface area (Å²) in [5, 5.41) is 6.69. The van der Waals surface area contributed by atoms with Crippen LogP contribution >= 0.6 is 34.0 Å². The van der Waals surface area contributed by atoms with E-state index >= 15 is 0 Å². The molecule has 3 heteroatoms. The maximum atomic E-state index is 2.30. The molecule has 3 heterocycles. The van der Waals surface area contributed by atoms with Crippen molar-refractivity contribution in [3.05, 3.63) is 32.3 Å². The molecule has 1 aromatic carbocycles. The number of fused-ring (bicyclic) bond motifs is 6. The van der Waals surface area contributed by atoms with Gasteiger partial charge in [0, 0.05) is 30.6 Å². The summed E-state index contributed by atoms with van der Waals surface area (Å²) in [5.41, 5.74) is 2.94. The molecule has 0 nitrogen and oxygen atoms in total. The zero-order chi connectivity index (χ0) is 13.3. The predicted octanol–water partition coefficient (Wildman–Crippen LogP) is 6.56. The van der Waals surface area contributed by atoms with E-state index in [0.717, 1.165) is 0 Å². The highest BCUT2D eigenvalue weighted by Crippen LogP contribution is 2.48. The molecule has 0 aliphatic carbocycles. The maximum Gasteiger partial charge on any atom is 0.0541 e. The third-order valence-corrected chi connectivity index (χ3v) is 7.65. The van der Waals surface area contributed by atoms with Gasteiger partial charge in [0.05, 0.1) is 9.40 Å². The van der Waals surface area contributed by atoms with Gasteiger partial charge in [-0.3, -0.25) is 0 Å². The van der Waals surface area contributed by atoms with Crippen molar-refractivity contribution in [3.8, 4) is 0 Å². The topological polar surface area (TPSA) is 0 Å². The Morgan fingerprint density at radius 3 is 2.00 bits per heavy atom. The van der Waals surface area contributed by atoms with Crippen LogP contribution in [0.1, 0.15) is 20.9 Å². The Hall–Kier alpha value is -0.900. The van der Waals surface area contributed by atoms with E-state index in [1.54, 1.807) is 0 Å². The molecular formula is C16H14S3. The second kappa shape index (κ2) is 3.81. The van der Waals surface area contributed by atoms with Gasteiger partial charge in [-0.1, -0.05) is 0 Å². The van der Waals surface area contributed by atoms with Crippen molar-refractivity contribution in [1.29, 1.82) is 0 Å². The van der Waals surface area contributed by atoms with Crippen LogP contribution in [0.3, 0.4) is 0 Å². The molecule has 0 amide bonds. The fraction of sp³-hybridized carbons (Fsp3) is 0.250. The summed E-state index contributed by atoms with van der Waals surface area (Å²) in [6, 6.07) is 2.30. The van der Waals surface area contributed by atoms with Gasteiger partial charge in [-0.2, -0.15) is 0 Å². The van der Waals surface area contributed by atoms with Gasteiger partial charge in [0.1, 0.15) is 0 Å². The number of aryl methyl sites for hydroxylation is 4. The molecule has 4 aromatic rings. The number of hydrogen-bond donors (Lipinski definition) is 0. The quantitative estimate of drug-likeness (QED) is 0.345. The highest BCUT2D eigenvalue weighted by atomic mass is 32.1. The van der Waals surface area contributed by atoms with Gasteiger partial charge in [0.2, 0.25) is 0 Å². The second-order valence-electron chi connectivity index (χ2n) is 5.14. The predicted molar refractivity (Wildman–Crippen MR) is 91.5 cm³/mol. The normalized spacial score (nSPS) is 12.2. The first kappa shape index (κ1) is 11.9. The van der Waals surface area contributed by atoms with E-state index < -0.39 is 0 Å². The van der Waals surface area contributed by atoms with Crippen LogP contribution in [0.15, 0.2) is 11.4 Å². The van der Waals surface area contributed by atoms with Crippen molar-refractivity contribution in [3.63, 3.8) is 0 Å². The van der Waals surface area contributed by atoms with E-state index in [1.165, 1.54) is 51.1 Å². The molecule has 0 saturated carbocycles. The van der Waals surface area contributed by atoms with Gasteiger partial charge in [0.15, 0.2) is 0 Å². The number of benzene rings is 1. The minimum absolute atomic E-state index is 1.45. The molecule has 4 rings (SSSR count). The second-order valence-corrected chi connectivity index (χ2v) is 8.50. The number of hydrogen-bond acceptors (Lipinski definition) is 3. The first-order valence-corrected chi connectivity index (χ1v) is 8.89. The van der Waals surface area contributed by atoms with Crippen molar-refractivity contribution in [1.82, 2.24) is 0 Å². The van der Waals surface area contributed by atoms with Crippen molar-refractivity contribution < 1.29 is 0 Å². The molecule has 0 saturated heterocycles. The van der Waals surface area contributed by atoms with Gasteiger partial charge in [-0.15, -0.1) is 34.0 Å². The third kappa shape index (κ3) is 1.38. The fourth-order valence-corrected chi connectivity index (χ4v) is 6.43. The van der Waals surface area contributed by atoms with Crippen molar-refractivity contribution in [2.45, 2.75) is 27.7 Å². The maximum absolute atomic E-state index is 2.30. The van der Waals surface area contributed by atoms with Crippen molar-refractivity contribution >= 4 is 64.3 Å². The van der Waals surface area contributed by atoms with Gasteiger partial charge < -0.3 is 0 Å². The molecule has 0 atom stereocenters. The van der Waals surface area contributed by atoms with E-state index in [-0.39, 0.29) is 0 Å². The van der Waals surface area contributed by atoms with E-state index in [9.17, 15) is 0 Å². The fourth-order valence-electron chi connectivity index (χ4n) is 2.87. The largest absolute Gasteiger partial charge is 0.143 e. The zero-order valence-corrected chi connectivity index (χ0v) is 13.8. The van der Waals surface area contributed by atoms with Crippen LogP contribution in [0.4, 0.5) is 0 Å². The summed E-state index contributed by atoms with van der Waals surface area (Å²) in [5.74, 6) is 0. The zero-order valence-electron chi connectivity index (χ0n) is 11.4. The minimum atomic E-state index is 1.45. The summed E-state index contributed by atoms with van der Waals surface area (Å²) < 4.78 is 4.48. The molecule has 96 valence electrons. The SMILES string of the molecule is Cc1sc2c3sc(C)c(C)c3c3sccc3c2c1C. The summed E-state index contributed by atoms with van der Waals surface area (Å²) in [6.45, 7) is 9.03. The lowest BCUT2D eigenvalue weighted by atomic mass is 10.0. The molecule has 19 heavy (non-hydrogen) atoms. The Balaban J connectivity index is 2.48. The Bertz CT molecular complexity index is 871. The lowest BCUT2D eigenvalue weighted by Crippen LogP contribution is -1.75. The molecule has 0 spiro atoms. The average molecular weight is 302 g/mol. The minimum Gasteiger partial charge on any atom is -0.143 e. The van der Waals surface area contributed by atoms with Crippen LogP contribution in [0.2, 0.25) is 0 Å². The molecule has 0 fully saturated rings. The third-order valence-electron chi connectivity index (χ3n) is 4.14. The van der Waals surface area contributed by atoms with Crippen LogP contribution in [0.25, 0.3) is 30.3 Å². The highest BCUT2D eigenvalue weighted by Gasteiger charge is 2.18. The van der Waals surface area contributed by atoms with E-state index in [1.807, 2.05) is 34.0 Å². The Kier molecular flexibility index (Phi) is 2.39. The van der Waals surface area contributed by atoms with Crippen LogP contribution in [-0.4, -0.2) is 0 Å². The molecule has 0 unspecified atom stereocenters. The van der Waals surface area contributed by atoms with E-state index in [4.69, 9.17) is 0 Å². The lowest BCUT2D eigenvalue weighted by Gasteiger charge is -2.00. The summed E-state index contributed by atoms with van der Waals surface area (Å²) in [4.78, 5) is 2.92. The van der Waals surface area contributed by atoms with Gasteiger partial charge in [-0.05, 0) is 50.3 Å². The first-order chi connectivity index (χ1) is 9.09. The first-order valence-electron chi connectivity index (χ1n) is 6.38. The summed E-state index contributed by atoms with van der Waals surface area (Å²) >= 11 is 5.82. The summed E-state index contributed by atoms with van der Waals surface area (Å²) in [7, 11) is 0. The smallest absolute Gasteiger partial charge is 0.0541 e. The van der Waals surface area contributed by atoms with Crippen LogP contribution in [-0.2, 0) is 0 Å². The lowest BCUT2D eigenvalue weighted by molar-refractivity contribution is 1.48. The van der Waals surface area contributed by atoms with Crippen LogP contribution in [0.5, 0.6) is 0 Å². The van der Waals surface area contributed by atoms with Crippen LogP contribution < -0.4 is 0 Å². The highest BCUT2D eigenvalue weighted by molar-refractivity contribution is 7.29. The number of rotatable bonds is 0. The molecule has 0 aliphatic heterocycles. The average Bonchev–Trinajstić information content (AvgIpc) is 3.01. The molecule has 0 radical (unpaired) electrons. The molecule has 0 N–H and O–H groups in total. The monoisotopic (exact) mass is 302 g/mol. The Morgan fingerprint density at radius 2 is 1.32 bits per heavy atom. The molecular weight excluding hydrogens is 288 g/mol.